The summed E-state index contributed by atoms with van der Waals surface area (Å²) in [5.41, 5.74) is 1.10. The summed E-state index contributed by atoms with van der Waals surface area (Å²) in [6.07, 6.45) is 0. The molecule has 7 heteroatoms. The molecule has 0 unspecified atom stereocenters. The Hall–Kier alpha value is -3.25. The van der Waals surface area contributed by atoms with Crippen LogP contribution in [0.3, 0.4) is 0 Å². The van der Waals surface area contributed by atoms with E-state index in [1.54, 1.807) is 30.3 Å². The van der Waals surface area contributed by atoms with Crippen LogP contribution in [0.5, 0.6) is 0 Å². The molecule has 29 heavy (non-hydrogen) atoms. The fraction of sp³-hybridized carbons (Fsp3) is 0.0909. The van der Waals surface area contributed by atoms with Gasteiger partial charge in [0.25, 0.3) is 5.91 Å². The largest absolute Gasteiger partial charge is 0.324 e. The lowest BCUT2D eigenvalue weighted by Crippen LogP contribution is -2.39. The van der Waals surface area contributed by atoms with Gasteiger partial charge >= 0.3 is 0 Å². The summed E-state index contributed by atoms with van der Waals surface area (Å²) in [6.45, 7) is -0.348. The molecule has 0 fully saturated rings. The molecule has 1 aliphatic heterocycles. The molecule has 146 valence electrons. The Labute approximate surface area is 170 Å². The normalized spacial score (nSPS) is 16.0. The molecule has 4 rings (SSSR count). The molecule has 1 heterocycles. The molecule has 4 nitrogen and oxygen atoms in total. The number of nitrogens with one attached hydrogen (secondary N) is 1. The van der Waals surface area contributed by atoms with Crippen molar-refractivity contribution in [2.75, 3.05) is 11.9 Å². The number of carbonyl (C=O) groups excluding carboxylic acids is 2. The predicted molar refractivity (Wildman–Crippen MR) is 106 cm³/mol. The first kappa shape index (κ1) is 19.1. The maximum Gasteiger partial charge on any atom is 0.259 e. The van der Waals surface area contributed by atoms with E-state index in [-0.39, 0.29) is 17.1 Å². The number of carbonyl (C=O) groups is 2. The summed E-state index contributed by atoms with van der Waals surface area (Å²) < 4.78 is 28.5. The highest BCUT2D eigenvalue weighted by Crippen LogP contribution is 2.37. The Bertz CT molecular complexity index is 1080. The van der Waals surface area contributed by atoms with Crippen molar-refractivity contribution in [1.29, 1.82) is 0 Å². The molecule has 0 saturated heterocycles. The van der Waals surface area contributed by atoms with Gasteiger partial charge in [-0.3, -0.25) is 9.59 Å². The van der Waals surface area contributed by atoms with Crippen molar-refractivity contribution >= 4 is 29.1 Å². The first-order valence-corrected chi connectivity index (χ1v) is 9.22. The highest BCUT2D eigenvalue weighted by Gasteiger charge is 2.35. The third-order valence-corrected chi connectivity index (χ3v) is 5.08. The van der Waals surface area contributed by atoms with Gasteiger partial charge in [-0.15, -0.1) is 0 Å². The van der Waals surface area contributed by atoms with Crippen LogP contribution in [-0.2, 0) is 4.79 Å². The number of fused-ring (bicyclic) bond motifs is 1. The fourth-order valence-electron chi connectivity index (χ4n) is 3.51. The number of halogens is 3. The van der Waals surface area contributed by atoms with Crippen LogP contribution in [0, 0.1) is 11.6 Å². The monoisotopic (exact) mass is 412 g/mol. The van der Waals surface area contributed by atoms with Crippen molar-refractivity contribution in [2.24, 2.45) is 0 Å². The third-order valence-electron chi connectivity index (χ3n) is 4.76. The van der Waals surface area contributed by atoms with E-state index in [2.05, 4.69) is 5.32 Å². The zero-order valence-electron chi connectivity index (χ0n) is 15.0. The van der Waals surface area contributed by atoms with Crippen molar-refractivity contribution in [2.45, 2.75) is 6.04 Å². The van der Waals surface area contributed by atoms with Crippen molar-refractivity contribution < 1.29 is 18.4 Å². The summed E-state index contributed by atoms with van der Waals surface area (Å²) >= 11 is 6.09. The first-order valence-electron chi connectivity index (χ1n) is 8.85. The van der Waals surface area contributed by atoms with E-state index in [4.69, 9.17) is 11.6 Å². The molecule has 0 saturated carbocycles. The summed E-state index contributed by atoms with van der Waals surface area (Å²) in [6, 6.07) is 15.9. The standard InChI is InChI=1S/C22H15ClF2N2O2/c23-16-7-4-8-17(25)20(16)22(29)27-12-19(28)26-18-10-9-14(24)11-15(18)21(27)13-5-2-1-3-6-13/h1-11,21H,12H2,(H,26,28)/t21-/m1/s1. The van der Waals surface area contributed by atoms with E-state index in [0.717, 1.165) is 6.07 Å². The summed E-state index contributed by atoms with van der Waals surface area (Å²) in [7, 11) is 0. The zero-order valence-corrected chi connectivity index (χ0v) is 15.8. The van der Waals surface area contributed by atoms with Crippen LogP contribution in [0.4, 0.5) is 14.5 Å². The van der Waals surface area contributed by atoms with E-state index in [1.807, 2.05) is 0 Å². The minimum absolute atomic E-state index is 0.0640. The van der Waals surface area contributed by atoms with Gasteiger partial charge in [-0.2, -0.15) is 0 Å². The minimum atomic E-state index is -0.816. The smallest absolute Gasteiger partial charge is 0.259 e. The molecule has 1 N–H and O–H groups in total. The highest BCUT2D eigenvalue weighted by atomic mass is 35.5. The van der Waals surface area contributed by atoms with E-state index < -0.39 is 29.5 Å². The van der Waals surface area contributed by atoms with Crippen LogP contribution in [-0.4, -0.2) is 23.3 Å². The predicted octanol–water partition coefficient (Wildman–Crippen LogP) is 4.80. The van der Waals surface area contributed by atoms with Gasteiger partial charge in [-0.25, -0.2) is 8.78 Å². The lowest BCUT2D eigenvalue weighted by molar-refractivity contribution is -0.117. The number of rotatable bonds is 2. The van der Waals surface area contributed by atoms with Crippen LogP contribution in [0.2, 0.25) is 5.02 Å². The number of hydrogen-bond acceptors (Lipinski definition) is 2. The lowest BCUT2D eigenvalue weighted by Gasteiger charge is -2.31. The molecule has 0 bridgehead atoms. The number of anilines is 1. The van der Waals surface area contributed by atoms with Crippen LogP contribution in [0.25, 0.3) is 0 Å². The quantitative estimate of drug-likeness (QED) is 0.657. The Morgan fingerprint density at radius 2 is 1.79 bits per heavy atom. The summed E-state index contributed by atoms with van der Waals surface area (Å²) in [5, 5.41) is 2.62. The van der Waals surface area contributed by atoms with Gasteiger partial charge in [0.15, 0.2) is 0 Å². The molecular formula is C22H15ClF2N2O2. The second-order valence-corrected chi connectivity index (χ2v) is 7.03. The van der Waals surface area contributed by atoms with Gasteiger partial charge in [0.1, 0.15) is 18.2 Å². The lowest BCUT2D eigenvalue weighted by atomic mass is 9.95. The van der Waals surface area contributed by atoms with Gasteiger partial charge in [-0.05, 0) is 35.9 Å². The molecule has 0 radical (unpaired) electrons. The molecule has 3 aromatic carbocycles. The first-order chi connectivity index (χ1) is 14.0. The fourth-order valence-corrected chi connectivity index (χ4v) is 3.75. The molecular weight excluding hydrogens is 398 g/mol. The molecule has 1 atom stereocenters. The zero-order chi connectivity index (χ0) is 20.5. The van der Waals surface area contributed by atoms with Gasteiger partial charge in [-0.1, -0.05) is 48.0 Å². The van der Waals surface area contributed by atoms with E-state index in [1.165, 1.54) is 35.2 Å². The Balaban J connectivity index is 1.93. The van der Waals surface area contributed by atoms with Gasteiger partial charge < -0.3 is 10.2 Å². The van der Waals surface area contributed by atoms with Crippen LogP contribution < -0.4 is 5.32 Å². The average Bonchev–Trinajstić information content (AvgIpc) is 2.84. The maximum atomic E-state index is 14.5. The Kier molecular flexibility index (Phi) is 5.03. The molecule has 2 amide bonds. The van der Waals surface area contributed by atoms with E-state index in [0.29, 0.717) is 16.8 Å². The number of benzene rings is 3. The molecule has 3 aromatic rings. The van der Waals surface area contributed by atoms with Gasteiger partial charge in [0, 0.05) is 11.3 Å². The minimum Gasteiger partial charge on any atom is -0.324 e. The van der Waals surface area contributed by atoms with Gasteiger partial charge in [0.2, 0.25) is 5.91 Å². The SMILES string of the molecule is O=C1CN(C(=O)c2c(F)cccc2Cl)[C@H](c2ccccc2)c2cc(F)ccc2N1. The topological polar surface area (TPSA) is 49.4 Å². The third kappa shape index (κ3) is 3.59. The van der Waals surface area contributed by atoms with E-state index >= 15 is 0 Å². The second-order valence-electron chi connectivity index (χ2n) is 6.62. The van der Waals surface area contributed by atoms with Crippen molar-refractivity contribution in [3.8, 4) is 0 Å². The second kappa shape index (κ2) is 7.64. The van der Waals surface area contributed by atoms with Crippen molar-refractivity contribution in [1.82, 2.24) is 4.90 Å². The summed E-state index contributed by atoms with van der Waals surface area (Å²) in [4.78, 5) is 27.1. The van der Waals surface area contributed by atoms with Crippen molar-refractivity contribution in [3.63, 3.8) is 0 Å². The Morgan fingerprint density at radius 3 is 2.52 bits per heavy atom. The number of nitrogens with zero attached hydrogens (tertiary/aromatic N) is 1. The number of hydrogen-bond donors (Lipinski definition) is 1. The van der Waals surface area contributed by atoms with E-state index in [9.17, 15) is 18.4 Å². The average molecular weight is 413 g/mol. The summed E-state index contributed by atoms with van der Waals surface area (Å²) in [5.74, 6) is -2.54. The molecule has 0 aromatic heterocycles. The van der Waals surface area contributed by atoms with Crippen molar-refractivity contribution in [3.05, 3.63) is 100 Å². The Morgan fingerprint density at radius 1 is 1.03 bits per heavy atom. The molecule has 0 spiro atoms. The van der Waals surface area contributed by atoms with Gasteiger partial charge in [0.05, 0.1) is 16.6 Å². The maximum absolute atomic E-state index is 14.5. The highest BCUT2D eigenvalue weighted by molar-refractivity contribution is 6.34. The molecule has 0 aliphatic carbocycles. The van der Waals surface area contributed by atoms with Crippen LogP contribution in [0.1, 0.15) is 27.5 Å². The van der Waals surface area contributed by atoms with Crippen LogP contribution >= 0.6 is 11.6 Å². The number of amides is 2. The van der Waals surface area contributed by atoms with Crippen LogP contribution in [0.15, 0.2) is 66.7 Å². The molecule has 1 aliphatic rings.